The summed E-state index contributed by atoms with van der Waals surface area (Å²) in [6, 6.07) is 12.0. The fourth-order valence-electron chi connectivity index (χ4n) is 4.15. The summed E-state index contributed by atoms with van der Waals surface area (Å²) in [6.45, 7) is 4.42. The first kappa shape index (κ1) is 20.3. The van der Waals surface area contributed by atoms with Crippen molar-refractivity contribution in [2.24, 2.45) is 0 Å². The minimum absolute atomic E-state index is 0.0830. The number of aromatic nitrogens is 1. The summed E-state index contributed by atoms with van der Waals surface area (Å²) in [5.41, 5.74) is 3.15. The standard InChI is InChI=1S/C24H23N3O2S2/c1-16-7-5-8-17-13-18(22(25-21(16)17)26-10-3-2-4-11-26)14-20-23(28)27(24(30)31-20)15-19-9-6-12-29-19/h5-9,12-14H,2-4,10-11,15H2,1H3/b20-14-. The number of anilines is 1. The number of hydrogen-bond acceptors (Lipinski definition) is 6. The Balaban J connectivity index is 1.55. The second kappa shape index (κ2) is 8.48. The molecule has 0 unspecified atom stereocenters. The van der Waals surface area contributed by atoms with Crippen LogP contribution in [0.25, 0.3) is 17.0 Å². The summed E-state index contributed by atoms with van der Waals surface area (Å²) in [5.74, 6) is 1.59. The molecule has 2 aromatic heterocycles. The number of amides is 1. The summed E-state index contributed by atoms with van der Waals surface area (Å²) in [6.07, 6.45) is 7.15. The molecule has 7 heteroatoms. The number of carbonyl (C=O) groups excluding carboxylic acids is 1. The molecule has 0 N–H and O–H groups in total. The van der Waals surface area contributed by atoms with Crippen LogP contribution in [0.1, 0.15) is 36.1 Å². The highest BCUT2D eigenvalue weighted by Gasteiger charge is 2.33. The SMILES string of the molecule is Cc1cccc2cc(/C=C3\SC(=S)N(Cc4ccco4)C3=O)c(N3CCCCC3)nc12. The molecule has 2 aliphatic heterocycles. The van der Waals surface area contributed by atoms with Crippen molar-refractivity contribution in [2.75, 3.05) is 18.0 Å². The van der Waals surface area contributed by atoms with Crippen molar-refractivity contribution < 1.29 is 9.21 Å². The summed E-state index contributed by atoms with van der Waals surface area (Å²) in [4.78, 5) is 22.8. The molecule has 3 aromatic rings. The molecule has 0 atom stereocenters. The monoisotopic (exact) mass is 449 g/mol. The van der Waals surface area contributed by atoms with Gasteiger partial charge in [0.1, 0.15) is 15.9 Å². The zero-order valence-electron chi connectivity index (χ0n) is 17.3. The second-order valence-corrected chi connectivity index (χ2v) is 9.62. The van der Waals surface area contributed by atoms with Crippen LogP contribution in [0.5, 0.6) is 0 Å². The Hall–Kier alpha value is -2.64. The van der Waals surface area contributed by atoms with E-state index in [1.807, 2.05) is 24.3 Å². The molecule has 0 bridgehead atoms. The topological polar surface area (TPSA) is 49.6 Å². The molecule has 0 saturated carbocycles. The van der Waals surface area contributed by atoms with Crippen molar-refractivity contribution in [3.8, 4) is 0 Å². The lowest BCUT2D eigenvalue weighted by molar-refractivity contribution is -0.122. The van der Waals surface area contributed by atoms with Gasteiger partial charge in [0, 0.05) is 24.0 Å². The largest absolute Gasteiger partial charge is 0.467 e. The van der Waals surface area contributed by atoms with Gasteiger partial charge in [-0.25, -0.2) is 4.98 Å². The number of furan rings is 1. The normalized spacial score (nSPS) is 18.5. The van der Waals surface area contributed by atoms with Crippen LogP contribution in [0.15, 0.2) is 52.0 Å². The van der Waals surface area contributed by atoms with Gasteiger partial charge in [-0.2, -0.15) is 0 Å². The van der Waals surface area contributed by atoms with E-state index in [1.54, 1.807) is 11.2 Å². The molecule has 2 aliphatic rings. The van der Waals surface area contributed by atoms with Gasteiger partial charge in [0.05, 0.1) is 23.2 Å². The van der Waals surface area contributed by atoms with E-state index < -0.39 is 0 Å². The number of nitrogens with zero attached hydrogens (tertiary/aromatic N) is 3. The number of hydrogen-bond donors (Lipinski definition) is 0. The first-order chi connectivity index (χ1) is 15.1. The highest BCUT2D eigenvalue weighted by atomic mass is 32.2. The average Bonchev–Trinajstić information content (AvgIpc) is 3.38. The van der Waals surface area contributed by atoms with Gasteiger partial charge in [-0.1, -0.05) is 42.2 Å². The molecule has 0 radical (unpaired) electrons. The Morgan fingerprint density at radius 3 is 2.81 bits per heavy atom. The number of thiocarbonyl (C=S) groups is 1. The maximum atomic E-state index is 13.1. The number of aryl methyl sites for hydroxylation is 1. The van der Waals surface area contributed by atoms with Crippen LogP contribution in [-0.4, -0.2) is 33.2 Å². The Labute approximate surface area is 191 Å². The number of thioether (sulfide) groups is 1. The third-order valence-corrected chi connectivity index (χ3v) is 7.14. The summed E-state index contributed by atoms with van der Waals surface area (Å²) < 4.78 is 5.96. The van der Waals surface area contributed by atoms with Gasteiger partial charge in [-0.05, 0) is 56.0 Å². The molecule has 31 heavy (non-hydrogen) atoms. The third kappa shape index (κ3) is 4.00. The number of pyridine rings is 1. The van der Waals surface area contributed by atoms with Gasteiger partial charge < -0.3 is 9.32 Å². The minimum Gasteiger partial charge on any atom is -0.467 e. The summed E-state index contributed by atoms with van der Waals surface area (Å²) in [7, 11) is 0. The maximum absolute atomic E-state index is 13.1. The van der Waals surface area contributed by atoms with Crippen LogP contribution in [0.3, 0.4) is 0 Å². The Bertz CT molecular complexity index is 1180. The highest BCUT2D eigenvalue weighted by Crippen LogP contribution is 2.36. The van der Waals surface area contributed by atoms with Crippen LogP contribution < -0.4 is 4.90 Å². The van der Waals surface area contributed by atoms with E-state index in [0.29, 0.717) is 15.8 Å². The molecule has 158 valence electrons. The molecule has 2 saturated heterocycles. The molecule has 1 aromatic carbocycles. The number of piperidine rings is 1. The van der Waals surface area contributed by atoms with Crippen LogP contribution in [0.4, 0.5) is 5.82 Å². The van der Waals surface area contributed by atoms with E-state index in [4.69, 9.17) is 21.6 Å². The smallest absolute Gasteiger partial charge is 0.266 e. The fraction of sp³-hybridized carbons (Fsp3) is 0.292. The van der Waals surface area contributed by atoms with Crippen molar-refractivity contribution >= 4 is 57.0 Å². The number of benzene rings is 1. The van der Waals surface area contributed by atoms with Crippen molar-refractivity contribution in [1.29, 1.82) is 0 Å². The van der Waals surface area contributed by atoms with E-state index in [-0.39, 0.29) is 5.91 Å². The zero-order valence-corrected chi connectivity index (χ0v) is 19.0. The van der Waals surface area contributed by atoms with Crippen LogP contribution >= 0.6 is 24.0 Å². The number of carbonyl (C=O) groups is 1. The first-order valence-corrected chi connectivity index (χ1v) is 11.8. The van der Waals surface area contributed by atoms with Gasteiger partial charge in [-0.3, -0.25) is 9.69 Å². The molecule has 4 heterocycles. The van der Waals surface area contributed by atoms with Crippen molar-refractivity contribution in [3.05, 3.63) is 64.5 Å². The maximum Gasteiger partial charge on any atom is 0.266 e. The average molecular weight is 450 g/mol. The van der Waals surface area contributed by atoms with Crippen LogP contribution in [0.2, 0.25) is 0 Å². The number of fused-ring (bicyclic) bond motifs is 1. The molecule has 0 spiro atoms. The van der Waals surface area contributed by atoms with Gasteiger partial charge >= 0.3 is 0 Å². The second-order valence-electron chi connectivity index (χ2n) is 7.94. The minimum atomic E-state index is -0.0830. The van der Waals surface area contributed by atoms with E-state index in [1.165, 1.54) is 18.2 Å². The molecular weight excluding hydrogens is 426 g/mol. The van der Waals surface area contributed by atoms with E-state index in [0.717, 1.165) is 59.5 Å². The Kier molecular flexibility index (Phi) is 5.54. The van der Waals surface area contributed by atoms with E-state index >= 15 is 0 Å². The highest BCUT2D eigenvalue weighted by molar-refractivity contribution is 8.26. The Morgan fingerprint density at radius 1 is 1.19 bits per heavy atom. The van der Waals surface area contributed by atoms with E-state index in [9.17, 15) is 4.79 Å². The molecule has 5 nitrogen and oxygen atoms in total. The van der Waals surface area contributed by atoms with Gasteiger partial charge in [0.2, 0.25) is 0 Å². The third-order valence-electron chi connectivity index (χ3n) is 5.77. The Morgan fingerprint density at radius 2 is 2.03 bits per heavy atom. The van der Waals surface area contributed by atoms with Crippen LogP contribution in [-0.2, 0) is 11.3 Å². The van der Waals surface area contributed by atoms with Crippen LogP contribution in [0, 0.1) is 6.92 Å². The van der Waals surface area contributed by atoms with Crippen molar-refractivity contribution in [3.63, 3.8) is 0 Å². The number of para-hydroxylation sites is 1. The molecule has 2 fully saturated rings. The van der Waals surface area contributed by atoms with Crippen molar-refractivity contribution in [2.45, 2.75) is 32.7 Å². The molecule has 0 aliphatic carbocycles. The lowest BCUT2D eigenvalue weighted by Gasteiger charge is -2.29. The molecule has 1 amide bonds. The lowest BCUT2D eigenvalue weighted by Crippen LogP contribution is -2.31. The predicted molar refractivity (Wildman–Crippen MR) is 130 cm³/mol. The fourth-order valence-corrected chi connectivity index (χ4v) is 5.40. The molecular formula is C24H23N3O2S2. The summed E-state index contributed by atoms with van der Waals surface area (Å²) in [5, 5.41) is 1.08. The quantitative estimate of drug-likeness (QED) is 0.386. The zero-order chi connectivity index (χ0) is 21.4. The van der Waals surface area contributed by atoms with Gasteiger partial charge in [0.25, 0.3) is 5.91 Å². The number of rotatable bonds is 4. The first-order valence-electron chi connectivity index (χ1n) is 10.5. The van der Waals surface area contributed by atoms with E-state index in [2.05, 4.69) is 30.0 Å². The molecule has 5 rings (SSSR count). The lowest BCUT2D eigenvalue weighted by atomic mass is 10.1. The van der Waals surface area contributed by atoms with Gasteiger partial charge in [0.15, 0.2) is 0 Å². The predicted octanol–water partition coefficient (Wildman–Crippen LogP) is 5.53. The summed E-state index contributed by atoms with van der Waals surface area (Å²) >= 11 is 6.84. The van der Waals surface area contributed by atoms with Crippen molar-refractivity contribution in [1.82, 2.24) is 9.88 Å². The van der Waals surface area contributed by atoms with Gasteiger partial charge in [-0.15, -0.1) is 0 Å².